The zero-order valence-corrected chi connectivity index (χ0v) is 11.8. The average molecular weight is 312 g/mol. The first kappa shape index (κ1) is 13.3. The van der Waals surface area contributed by atoms with E-state index < -0.39 is 0 Å². The molecule has 0 aliphatic rings. The summed E-state index contributed by atoms with van der Waals surface area (Å²) in [5, 5.41) is 3.17. The number of rotatable bonds is 5. The summed E-state index contributed by atoms with van der Waals surface area (Å²) in [5.74, 6) is 1.65. The summed E-state index contributed by atoms with van der Waals surface area (Å²) in [6, 6.07) is 8.85. The molecular weight excluding hydrogens is 297 g/mol. The lowest BCUT2D eigenvalue weighted by atomic mass is 10.2. The molecule has 1 aromatic heterocycles. The lowest BCUT2D eigenvalue weighted by molar-refractivity contribution is 0.448. The predicted molar refractivity (Wildman–Crippen MR) is 72.7 cm³/mol. The van der Waals surface area contributed by atoms with Crippen LogP contribution < -0.4 is 5.32 Å². The molecule has 0 saturated carbocycles. The van der Waals surface area contributed by atoms with Gasteiger partial charge in [-0.2, -0.15) is 0 Å². The van der Waals surface area contributed by atoms with Crippen molar-refractivity contribution in [2.24, 2.45) is 0 Å². The lowest BCUT2D eigenvalue weighted by Crippen LogP contribution is -2.13. The van der Waals surface area contributed by atoms with Crippen molar-refractivity contribution in [3.05, 3.63) is 57.7 Å². The van der Waals surface area contributed by atoms with Gasteiger partial charge in [0.1, 0.15) is 17.3 Å². The summed E-state index contributed by atoms with van der Waals surface area (Å²) >= 11 is 3.33. The molecule has 0 radical (unpaired) electrons. The maximum absolute atomic E-state index is 13.5. The van der Waals surface area contributed by atoms with Gasteiger partial charge in [0.25, 0.3) is 0 Å². The van der Waals surface area contributed by atoms with Gasteiger partial charge in [-0.25, -0.2) is 4.39 Å². The smallest absolute Gasteiger partial charge is 0.127 e. The van der Waals surface area contributed by atoms with E-state index in [1.165, 1.54) is 6.07 Å². The molecule has 0 aliphatic carbocycles. The molecule has 96 valence electrons. The van der Waals surface area contributed by atoms with Gasteiger partial charge in [-0.1, -0.05) is 22.9 Å². The standard InChI is InChI=1S/C14H15BrFNO/c1-2-12-4-5-13(18-12)9-17-8-10-7-11(15)3-6-14(10)16/h3-7,17H,2,8-9H2,1H3. The second kappa shape index (κ2) is 6.16. The van der Waals surface area contributed by atoms with Gasteiger partial charge in [0, 0.05) is 23.0 Å². The third kappa shape index (κ3) is 3.43. The van der Waals surface area contributed by atoms with Crippen LogP contribution in [0.25, 0.3) is 0 Å². The maximum atomic E-state index is 13.5. The normalized spacial score (nSPS) is 10.8. The highest BCUT2D eigenvalue weighted by Gasteiger charge is 2.04. The largest absolute Gasteiger partial charge is 0.465 e. The Morgan fingerprint density at radius 1 is 1.17 bits per heavy atom. The number of aryl methyl sites for hydroxylation is 1. The highest BCUT2D eigenvalue weighted by molar-refractivity contribution is 9.10. The van der Waals surface area contributed by atoms with Crippen molar-refractivity contribution in [3.8, 4) is 0 Å². The molecule has 0 aliphatic heterocycles. The molecule has 1 N–H and O–H groups in total. The van der Waals surface area contributed by atoms with Gasteiger partial charge in [0.2, 0.25) is 0 Å². The molecule has 2 rings (SSSR count). The van der Waals surface area contributed by atoms with E-state index >= 15 is 0 Å². The van der Waals surface area contributed by atoms with Crippen LogP contribution in [0.5, 0.6) is 0 Å². The van der Waals surface area contributed by atoms with Gasteiger partial charge in [0.05, 0.1) is 6.54 Å². The number of hydrogen-bond acceptors (Lipinski definition) is 2. The van der Waals surface area contributed by atoms with Gasteiger partial charge in [-0.05, 0) is 30.3 Å². The number of nitrogens with one attached hydrogen (secondary N) is 1. The van der Waals surface area contributed by atoms with E-state index in [0.717, 1.165) is 22.4 Å². The van der Waals surface area contributed by atoms with Crippen molar-refractivity contribution in [1.29, 1.82) is 0 Å². The first-order valence-corrected chi connectivity index (χ1v) is 6.70. The third-order valence-electron chi connectivity index (χ3n) is 2.69. The van der Waals surface area contributed by atoms with E-state index in [4.69, 9.17) is 4.42 Å². The first-order valence-electron chi connectivity index (χ1n) is 5.91. The number of hydrogen-bond donors (Lipinski definition) is 1. The molecule has 0 fully saturated rings. The number of halogens is 2. The van der Waals surface area contributed by atoms with Crippen LogP contribution in [-0.4, -0.2) is 0 Å². The highest BCUT2D eigenvalue weighted by atomic mass is 79.9. The van der Waals surface area contributed by atoms with E-state index in [1.54, 1.807) is 12.1 Å². The maximum Gasteiger partial charge on any atom is 0.127 e. The van der Waals surface area contributed by atoms with Crippen LogP contribution in [0.15, 0.2) is 39.2 Å². The quantitative estimate of drug-likeness (QED) is 0.901. The summed E-state index contributed by atoms with van der Waals surface area (Å²) < 4.78 is 19.9. The van der Waals surface area contributed by atoms with E-state index in [1.807, 2.05) is 19.1 Å². The van der Waals surface area contributed by atoms with Crippen LogP contribution in [-0.2, 0) is 19.5 Å². The van der Waals surface area contributed by atoms with Gasteiger partial charge in [0.15, 0.2) is 0 Å². The predicted octanol–water partition coefficient (Wildman–Crippen LogP) is 4.03. The molecule has 1 aromatic carbocycles. The van der Waals surface area contributed by atoms with Gasteiger partial charge >= 0.3 is 0 Å². The Morgan fingerprint density at radius 3 is 2.67 bits per heavy atom. The van der Waals surface area contributed by atoms with E-state index in [0.29, 0.717) is 18.7 Å². The molecule has 4 heteroatoms. The Bertz CT molecular complexity index is 524. The summed E-state index contributed by atoms with van der Waals surface area (Å²) in [7, 11) is 0. The molecule has 0 saturated heterocycles. The second-order valence-corrected chi connectivity index (χ2v) is 4.98. The number of benzene rings is 1. The summed E-state index contributed by atoms with van der Waals surface area (Å²) in [6.07, 6.45) is 0.889. The van der Waals surface area contributed by atoms with Gasteiger partial charge in [-0.15, -0.1) is 0 Å². The topological polar surface area (TPSA) is 25.2 Å². The molecular formula is C14H15BrFNO. The van der Waals surface area contributed by atoms with Crippen molar-refractivity contribution >= 4 is 15.9 Å². The Kier molecular flexibility index (Phi) is 4.55. The van der Waals surface area contributed by atoms with Crippen molar-refractivity contribution in [1.82, 2.24) is 5.32 Å². The van der Waals surface area contributed by atoms with Crippen LogP contribution in [0.4, 0.5) is 4.39 Å². The van der Waals surface area contributed by atoms with E-state index in [-0.39, 0.29) is 5.82 Å². The molecule has 0 spiro atoms. The minimum Gasteiger partial charge on any atom is -0.465 e. The molecule has 1 heterocycles. The fourth-order valence-electron chi connectivity index (χ4n) is 1.71. The zero-order valence-electron chi connectivity index (χ0n) is 10.2. The first-order chi connectivity index (χ1) is 8.69. The molecule has 2 aromatic rings. The Balaban J connectivity index is 1.90. The third-order valence-corrected chi connectivity index (χ3v) is 3.18. The zero-order chi connectivity index (χ0) is 13.0. The molecule has 0 amide bonds. The average Bonchev–Trinajstić information content (AvgIpc) is 2.81. The van der Waals surface area contributed by atoms with Crippen LogP contribution in [0.1, 0.15) is 24.0 Å². The molecule has 2 nitrogen and oxygen atoms in total. The van der Waals surface area contributed by atoms with Crippen molar-refractivity contribution < 1.29 is 8.81 Å². The Hall–Kier alpha value is -1.13. The fraction of sp³-hybridized carbons (Fsp3) is 0.286. The fourth-order valence-corrected chi connectivity index (χ4v) is 2.11. The van der Waals surface area contributed by atoms with Crippen LogP contribution in [0.3, 0.4) is 0 Å². The van der Waals surface area contributed by atoms with Crippen molar-refractivity contribution in [3.63, 3.8) is 0 Å². The number of furan rings is 1. The van der Waals surface area contributed by atoms with Gasteiger partial charge in [-0.3, -0.25) is 0 Å². The van der Waals surface area contributed by atoms with E-state index in [2.05, 4.69) is 21.2 Å². The minimum atomic E-state index is -0.195. The molecule has 0 bridgehead atoms. The van der Waals surface area contributed by atoms with Crippen LogP contribution in [0, 0.1) is 5.82 Å². The summed E-state index contributed by atoms with van der Waals surface area (Å²) in [6.45, 7) is 3.13. The van der Waals surface area contributed by atoms with E-state index in [9.17, 15) is 4.39 Å². The lowest BCUT2D eigenvalue weighted by Gasteiger charge is -2.05. The molecule has 18 heavy (non-hydrogen) atoms. The highest BCUT2D eigenvalue weighted by Crippen LogP contribution is 2.15. The summed E-state index contributed by atoms with van der Waals surface area (Å²) in [5.41, 5.74) is 0.645. The van der Waals surface area contributed by atoms with Crippen molar-refractivity contribution in [2.75, 3.05) is 0 Å². The molecule has 0 unspecified atom stereocenters. The Labute approximate surface area is 114 Å². The summed E-state index contributed by atoms with van der Waals surface area (Å²) in [4.78, 5) is 0. The van der Waals surface area contributed by atoms with Gasteiger partial charge < -0.3 is 9.73 Å². The van der Waals surface area contributed by atoms with Crippen molar-refractivity contribution in [2.45, 2.75) is 26.4 Å². The second-order valence-electron chi connectivity index (χ2n) is 4.06. The Morgan fingerprint density at radius 2 is 1.94 bits per heavy atom. The SMILES string of the molecule is CCc1ccc(CNCc2cc(Br)ccc2F)o1. The monoisotopic (exact) mass is 311 g/mol. The van der Waals surface area contributed by atoms with Crippen LogP contribution in [0.2, 0.25) is 0 Å². The van der Waals surface area contributed by atoms with Crippen LogP contribution >= 0.6 is 15.9 Å². The minimum absolute atomic E-state index is 0.195. The molecule has 0 atom stereocenters.